The summed E-state index contributed by atoms with van der Waals surface area (Å²) in [4.78, 5) is 0. The summed E-state index contributed by atoms with van der Waals surface area (Å²) in [6, 6.07) is 11.1. The Hall–Kier alpha value is -2.10. The van der Waals surface area contributed by atoms with Crippen LogP contribution in [0.3, 0.4) is 0 Å². The van der Waals surface area contributed by atoms with E-state index in [1.807, 2.05) is 31.2 Å². The van der Waals surface area contributed by atoms with Gasteiger partial charge in [-0.25, -0.2) is 8.78 Å². The van der Waals surface area contributed by atoms with Crippen LogP contribution in [0.5, 0.6) is 5.75 Å². The normalized spacial score (nSPS) is 10.3. The van der Waals surface area contributed by atoms with E-state index in [0.717, 1.165) is 11.4 Å². The number of ether oxygens (including phenoxy) is 1. The lowest BCUT2D eigenvalue weighted by atomic mass is 10.2. The lowest BCUT2D eigenvalue weighted by Crippen LogP contribution is -2.04. The highest BCUT2D eigenvalue weighted by atomic mass is 19.1. The molecule has 0 saturated heterocycles. The van der Waals surface area contributed by atoms with Gasteiger partial charge < -0.3 is 10.1 Å². The van der Waals surface area contributed by atoms with E-state index in [2.05, 4.69) is 5.32 Å². The molecule has 0 amide bonds. The van der Waals surface area contributed by atoms with Gasteiger partial charge >= 0.3 is 0 Å². The van der Waals surface area contributed by atoms with Crippen molar-refractivity contribution >= 4 is 5.69 Å². The molecule has 0 aromatic heterocycles. The third kappa shape index (κ3) is 3.44. The average molecular weight is 263 g/mol. The van der Waals surface area contributed by atoms with Gasteiger partial charge in [-0.15, -0.1) is 0 Å². The first-order valence-electron chi connectivity index (χ1n) is 6.10. The second kappa shape index (κ2) is 6.18. The van der Waals surface area contributed by atoms with E-state index in [-0.39, 0.29) is 12.1 Å². The molecule has 0 aliphatic carbocycles. The zero-order chi connectivity index (χ0) is 13.7. The fourth-order valence-electron chi connectivity index (χ4n) is 1.73. The molecule has 100 valence electrons. The maximum Gasteiger partial charge on any atom is 0.131 e. The number of anilines is 1. The van der Waals surface area contributed by atoms with Crippen molar-refractivity contribution in [2.45, 2.75) is 13.5 Å². The first kappa shape index (κ1) is 13.3. The molecule has 0 bridgehead atoms. The van der Waals surface area contributed by atoms with Crippen molar-refractivity contribution in [2.75, 3.05) is 11.9 Å². The van der Waals surface area contributed by atoms with Gasteiger partial charge in [0.1, 0.15) is 17.4 Å². The smallest absolute Gasteiger partial charge is 0.131 e. The molecule has 2 aromatic carbocycles. The second-order valence-electron chi connectivity index (χ2n) is 4.01. The zero-order valence-electron chi connectivity index (χ0n) is 10.6. The van der Waals surface area contributed by atoms with Crippen molar-refractivity contribution in [1.82, 2.24) is 0 Å². The first-order chi connectivity index (χ1) is 9.20. The number of halogens is 2. The summed E-state index contributed by atoms with van der Waals surface area (Å²) in [6.45, 7) is 2.62. The van der Waals surface area contributed by atoms with E-state index in [0.29, 0.717) is 6.61 Å². The van der Waals surface area contributed by atoms with Crippen LogP contribution >= 0.6 is 0 Å². The summed E-state index contributed by atoms with van der Waals surface area (Å²) in [7, 11) is 0. The molecular formula is C15H15F2NO. The fourth-order valence-corrected chi connectivity index (χ4v) is 1.73. The van der Waals surface area contributed by atoms with Crippen molar-refractivity contribution < 1.29 is 13.5 Å². The number of rotatable bonds is 5. The molecule has 2 nitrogen and oxygen atoms in total. The van der Waals surface area contributed by atoms with E-state index in [1.165, 1.54) is 18.2 Å². The molecular weight excluding hydrogens is 248 g/mol. The van der Waals surface area contributed by atoms with Crippen molar-refractivity contribution in [3.63, 3.8) is 0 Å². The van der Waals surface area contributed by atoms with E-state index in [9.17, 15) is 8.78 Å². The number of nitrogens with one attached hydrogen (secondary N) is 1. The lowest BCUT2D eigenvalue weighted by molar-refractivity contribution is 0.340. The highest BCUT2D eigenvalue weighted by Gasteiger charge is 2.07. The van der Waals surface area contributed by atoms with Crippen LogP contribution in [0.4, 0.5) is 14.5 Å². The van der Waals surface area contributed by atoms with Crippen molar-refractivity contribution in [1.29, 1.82) is 0 Å². The molecule has 0 saturated carbocycles. The molecule has 0 aliphatic heterocycles. The Balaban J connectivity index is 2.02. The van der Waals surface area contributed by atoms with E-state index >= 15 is 0 Å². The largest absolute Gasteiger partial charge is 0.494 e. The lowest BCUT2D eigenvalue weighted by Gasteiger charge is -2.09. The molecule has 2 aromatic rings. The maximum atomic E-state index is 13.4. The predicted octanol–water partition coefficient (Wildman–Crippen LogP) is 3.98. The SMILES string of the molecule is CCOc1ccc(NCc2c(F)cccc2F)cc1. The molecule has 0 radical (unpaired) electrons. The number of benzene rings is 2. The Bertz CT molecular complexity index is 520. The molecule has 0 atom stereocenters. The summed E-state index contributed by atoms with van der Waals surface area (Å²) in [5, 5.41) is 2.98. The van der Waals surface area contributed by atoms with Crippen molar-refractivity contribution in [2.24, 2.45) is 0 Å². The molecule has 0 heterocycles. The van der Waals surface area contributed by atoms with Gasteiger partial charge in [0.05, 0.1) is 6.61 Å². The molecule has 4 heteroatoms. The molecule has 0 aliphatic rings. The summed E-state index contributed by atoms with van der Waals surface area (Å²) in [6.07, 6.45) is 0. The average Bonchev–Trinajstić information content (AvgIpc) is 2.40. The standard InChI is InChI=1S/C15H15F2NO/c1-2-19-12-8-6-11(7-9-12)18-10-13-14(16)4-3-5-15(13)17/h3-9,18H,2,10H2,1H3. The molecule has 0 spiro atoms. The Morgan fingerprint density at radius 1 is 1.00 bits per heavy atom. The molecule has 2 rings (SSSR count). The van der Waals surface area contributed by atoms with Crippen LogP contribution in [-0.2, 0) is 6.54 Å². The van der Waals surface area contributed by atoms with E-state index in [1.54, 1.807) is 0 Å². The monoisotopic (exact) mass is 263 g/mol. The minimum absolute atomic E-state index is 0.0383. The summed E-state index contributed by atoms with van der Waals surface area (Å²) >= 11 is 0. The van der Waals surface area contributed by atoms with Crippen LogP contribution in [-0.4, -0.2) is 6.61 Å². The first-order valence-corrected chi connectivity index (χ1v) is 6.10. The highest BCUT2D eigenvalue weighted by Crippen LogP contribution is 2.18. The van der Waals surface area contributed by atoms with Crippen LogP contribution in [0, 0.1) is 11.6 Å². The highest BCUT2D eigenvalue weighted by molar-refractivity contribution is 5.46. The maximum absolute atomic E-state index is 13.4. The Morgan fingerprint density at radius 2 is 1.63 bits per heavy atom. The zero-order valence-corrected chi connectivity index (χ0v) is 10.6. The Labute approximate surface area is 111 Å². The number of hydrogen-bond donors (Lipinski definition) is 1. The van der Waals surface area contributed by atoms with Crippen LogP contribution in [0.1, 0.15) is 12.5 Å². The molecule has 1 N–H and O–H groups in total. The summed E-state index contributed by atoms with van der Waals surface area (Å²) in [5.74, 6) is -0.318. The second-order valence-corrected chi connectivity index (χ2v) is 4.01. The predicted molar refractivity (Wildman–Crippen MR) is 71.3 cm³/mol. The van der Waals surface area contributed by atoms with Crippen molar-refractivity contribution in [3.8, 4) is 5.75 Å². The topological polar surface area (TPSA) is 21.3 Å². The summed E-state index contributed by atoms with van der Waals surface area (Å²) < 4.78 is 32.1. The van der Waals surface area contributed by atoms with Crippen LogP contribution in [0.2, 0.25) is 0 Å². The van der Waals surface area contributed by atoms with Crippen LogP contribution in [0.25, 0.3) is 0 Å². The van der Waals surface area contributed by atoms with E-state index in [4.69, 9.17) is 4.74 Å². The Morgan fingerprint density at radius 3 is 2.21 bits per heavy atom. The van der Waals surface area contributed by atoms with Gasteiger partial charge in [0, 0.05) is 17.8 Å². The van der Waals surface area contributed by atoms with Gasteiger partial charge in [-0.1, -0.05) is 6.07 Å². The number of hydrogen-bond acceptors (Lipinski definition) is 2. The Kier molecular flexibility index (Phi) is 4.34. The van der Waals surface area contributed by atoms with E-state index < -0.39 is 11.6 Å². The fraction of sp³-hybridized carbons (Fsp3) is 0.200. The van der Waals surface area contributed by atoms with Crippen molar-refractivity contribution in [3.05, 3.63) is 59.7 Å². The van der Waals surface area contributed by atoms with Crippen LogP contribution < -0.4 is 10.1 Å². The third-order valence-corrected chi connectivity index (χ3v) is 2.70. The van der Waals surface area contributed by atoms with Gasteiger partial charge in [-0.05, 0) is 43.3 Å². The van der Waals surface area contributed by atoms with Gasteiger partial charge in [0.15, 0.2) is 0 Å². The minimum atomic E-state index is -0.543. The van der Waals surface area contributed by atoms with Crippen LogP contribution in [0.15, 0.2) is 42.5 Å². The molecule has 0 unspecified atom stereocenters. The molecule has 0 fully saturated rings. The quantitative estimate of drug-likeness (QED) is 0.881. The van der Waals surface area contributed by atoms with Gasteiger partial charge in [0.25, 0.3) is 0 Å². The summed E-state index contributed by atoms with van der Waals surface area (Å²) in [5.41, 5.74) is 0.822. The molecule has 19 heavy (non-hydrogen) atoms. The third-order valence-electron chi connectivity index (χ3n) is 2.70. The minimum Gasteiger partial charge on any atom is -0.494 e. The van der Waals surface area contributed by atoms with Gasteiger partial charge in [-0.2, -0.15) is 0 Å². The van der Waals surface area contributed by atoms with Gasteiger partial charge in [0.2, 0.25) is 0 Å². The van der Waals surface area contributed by atoms with Gasteiger partial charge in [-0.3, -0.25) is 0 Å².